The zero-order chi connectivity index (χ0) is 16.6. The number of hydrogen-bond donors (Lipinski definition) is 1. The van der Waals surface area contributed by atoms with Gasteiger partial charge >= 0.3 is 0 Å². The van der Waals surface area contributed by atoms with Crippen LogP contribution < -0.4 is 5.56 Å². The molecule has 1 aromatic carbocycles. The van der Waals surface area contributed by atoms with Crippen LogP contribution in [0.25, 0.3) is 5.78 Å². The van der Waals surface area contributed by atoms with Crippen molar-refractivity contribution in [1.82, 2.24) is 24.8 Å². The molecule has 7 nitrogen and oxygen atoms in total. The third-order valence-electron chi connectivity index (χ3n) is 2.99. The number of aromatic amines is 1. The third-order valence-corrected chi connectivity index (χ3v) is 4.65. The number of carbonyl (C=O) groups excluding carboxylic acids is 1. The molecule has 0 saturated carbocycles. The van der Waals surface area contributed by atoms with Gasteiger partial charge in [-0.1, -0.05) is 35.0 Å². The molecule has 0 aliphatic heterocycles. The van der Waals surface area contributed by atoms with Gasteiger partial charge in [0.1, 0.15) is 5.69 Å². The quantitative estimate of drug-likeness (QED) is 0.560. The Labute approximate surface area is 144 Å². The number of nitrogens with one attached hydrogen (secondary N) is 1. The van der Waals surface area contributed by atoms with Gasteiger partial charge in [0.25, 0.3) is 11.3 Å². The number of carbonyl (C=O) groups is 1. The number of halogens is 2. The number of hydrogen-bond acceptors (Lipinski definition) is 6. The molecule has 0 fully saturated rings. The van der Waals surface area contributed by atoms with Crippen LogP contribution in [-0.2, 0) is 0 Å². The molecule has 0 atom stereocenters. The van der Waals surface area contributed by atoms with E-state index in [1.165, 1.54) is 10.6 Å². The van der Waals surface area contributed by atoms with Crippen LogP contribution in [0, 0.1) is 6.92 Å². The molecule has 118 valence electrons. The number of aromatic nitrogens is 5. The molecule has 0 saturated heterocycles. The van der Waals surface area contributed by atoms with Crippen LogP contribution in [0.4, 0.5) is 0 Å². The van der Waals surface area contributed by atoms with Crippen molar-refractivity contribution in [2.75, 3.05) is 5.75 Å². The van der Waals surface area contributed by atoms with E-state index in [1.807, 2.05) is 0 Å². The predicted octanol–water partition coefficient (Wildman–Crippen LogP) is 2.40. The number of Topliss-reactive ketones (excluding diaryl/α,β-unsaturated/α-hetero) is 1. The smallest absolute Gasteiger partial charge is 0.273 e. The minimum Gasteiger partial charge on any atom is -0.293 e. The molecule has 0 aliphatic carbocycles. The Morgan fingerprint density at radius 2 is 2.09 bits per heavy atom. The van der Waals surface area contributed by atoms with E-state index >= 15 is 0 Å². The van der Waals surface area contributed by atoms with Gasteiger partial charge in [-0.3, -0.25) is 14.6 Å². The summed E-state index contributed by atoms with van der Waals surface area (Å²) in [5.41, 5.74) is 0.418. The molecule has 2 heterocycles. The lowest BCUT2D eigenvalue weighted by Crippen LogP contribution is -2.15. The first-order valence-electron chi connectivity index (χ1n) is 6.39. The summed E-state index contributed by atoms with van der Waals surface area (Å²) in [5, 5.41) is 13.0. The van der Waals surface area contributed by atoms with Gasteiger partial charge in [0.2, 0.25) is 5.16 Å². The first-order chi connectivity index (χ1) is 11.0. The number of H-pyrrole nitrogens is 1. The van der Waals surface area contributed by atoms with Gasteiger partial charge in [-0.05, 0) is 25.1 Å². The second-order valence-electron chi connectivity index (χ2n) is 4.60. The van der Waals surface area contributed by atoms with Crippen molar-refractivity contribution < 1.29 is 4.79 Å². The number of fused-ring (bicyclic) bond motifs is 1. The van der Waals surface area contributed by atoms with Gasteiger partial charge in [-0.25, -0.2) is 0 Å². The molecule has 0 unspecified atom stereocenters. The maximum Gasteiger partial charge on any atom is 0.273 e. The zero-order valence-corrected chi connectivity index (χ0v) is 14.0. The molecular formula is C13H9Cl2N5O2S. The van der Waals surface area contributed by atoms with Crippen molar-refractivity contribution in [3.8, 4) is 0 Å². The lowest BCUT2D eigenvalue weighted by molar-refractivity contribution is 0.102. The minimum absolute atomic E-state index is 0.124. The monoisotopic (exact) mass is 369 g/mol. The largest absolute Gasteiger partial charge is 0.293 e. The highest BCUT2D eigenvalue weighted by Crippen LogP contribution is 2.24. The normalized spacial score (nSPS) is 11.1. The maximum absolute atomic E-state index is 12.2. The van der Waals surface area contributed by atoms with E-state index in [9.17, 15) is 9.59 Å². The molecule has 3 aromatic rings. The summed E-state index contributed by atoms with van der Waals surface area (Å²) in [6, 6.07) is 4.71. The fraction of sp³-hybridized carbons (Fsp3) is 0.154. The number of ketones is 1. The highest BCUT2D eigenvalue weighted by molar-refractivity contribution is 7.99. The Kier molecular flexibility index (Phi) is 4.38. The summed E-state index contributed by atoms with van der Waals surface area (Å²) < 4.78 is 1.39. The number of nitrogens with zero attached hydrogens (tertiary/aromatic N) is 4. The standard InChI is InChI=1S/C13H9Cl2N5O2S/c1-6-11(22)16-12-17-18-13(20(12)19-6)23-5-10(21)7-2-3-8(14)9(15)4-7/h2-4H,5H2,1H3,(H,16,17,22). The van der Waals surface area contributed by atoms with Crippen molar-refractivity contribution in [3.05, 3.63) is 49.9 Å². The van der Waals surface area contributed by atoms with Crippen molar-refractivity contribution in [2.24, 2.45) is 0 Å². The number of benzene rings is 1. The highest BCUT2D eigenvalue weighted by Gasteiger charge is 2.14. The van der Waals surface area contributed by atoms with E-state index < -0.39 is 0 Å². The molecule has 0 amide bonds. The highest BCUT2D eigenvalue weighted by atomic mass is 35.5. The lowest BCUT2D eigenvalue weighted by Gasteiger charge is -2.02. The molecule has 3 rings (SSSR count). The molecule has 0 aliphatic rings. The van der Waals surface area contributed by atoms with Crippen LogP contribution in [0.5, 0.6) is 0 Å². The lowest BCUT2D eigenvalue weighted by atomic mass is 10.1. The van der Waals surface area contributed by atoms with Gasteiger partial charge < -0.3 is 0 Å². The Bertz CT molecular complexity index is 969. The Balaban J connectivity index is 1.80. The van der Waals surface area contributed by atoms with E-state index in [0.29, 0.717) is 20.8 Å². The van der Waals surface area contributed by atoms with E-state index in [1.54, 1.807) is 19.1 Å². The molecule has 0 spiro atoms. The fourth-order valence-corrected chi connectivity index (χ4v) is 2.87. The fourth-order valence-electron chi connectivity index (χ4n) is 1.79. The average molecular weight is 370 g/mol. The van der Waals surface area contributed by atoms with Crippen LogP contribution in [0.1, 0.15) is 16.1 Å². The topological polar surface area (TPSA) is 93.0 Å². The van der Waals surface area contributed by atoms with Crippen LogP contribution in [0.15, 0.2) is 28.2 Å². The van der Waals surface area contributed by atoms with Crippen molar-refractivity contribution in [3.63, 3.8) is 0 Å². The van der Waals surface area contributed by atoms with Crippen LogP contribution in [0.2, 0.25) is 10.0 Å². The minimum atomic E-state index is -0.326. The summed E-state index contributed by atoms with van der Waals surface area (Å²) in [5.74, 6) is 0.218. The Morgan fingerprint density at radius 1 is 1.30 bits per heavy atom. The van der Waals surface area contributed by atoms with Crippen LogP contribution in [-0.4, -0.2) is 36.3 Å². The van der Waals surface area contributed by atoms with Crippen LogP contribution >= 0.6 is 35.0 Å². The maximum atomic E-state index is 12.2. The first-order valence-corrected chi connectivity index (χ1v) is 8.13. The summed E-state index contributed by atoms with van der Waals surface area (Å²) >= 11 is 12.9. The van der Waals surface area contributed by atoms with Gasteiger partial charge in [-0.2, -0.15) is 9.61 Å². The van der Waals surface area contributed by atoms with Gasteiger partial charge in [-0.15, -0.1) is 10.2 Å². The number of thioether (sulfide) groups is 1. The molecule has 0 radical (unpaired) electrons. The number of aryl methyl sites for hydroxylation is 1. The molecule has 1 N–H and O–H groups in total. The van der Waals surface area contributed by atoms with Gasteiger partial charge in [0.15, 0.2) is 5.78 Å². The summed E-state index contributed by atoms with van der Waals surface area (Å²) in [4.78, 5) is 26.2. The van der Waals surface area contributed by atoms with E-state index in [0.717, 1.165) is 11.8 Å². The number of rotatable bonds is 4. The average Bonchev–Trinajstić information content (AvgIpc) is 2.90. The third kappa shape index (κ3) is 3.24. The van der Waals surface area contributed by atoms with E-state index in [4.69, 9.17) is 23.2 Å². The first kappa shape index (κ1) is 16.0. The van der Waals surface area contributed by atoms with Crippen molar-refractivity contribution in [2.45, 2.75) is 12.1 Å². The Morgan fingerprint density at radius 3 is 2.83 bits per heavy atom. The second-order valence-corrected chi connectivity index (χ2v) is 6.36. The van der Waals surface area contributed by atoms with Gasteiger partial charge in [0.05, 0.1) is 15.8 Å². The predicted molar refractivity (Wildman–Crippen MR) is 87.7 cm³/mol. The summed E-state index contributed by atoms with van der Waals surface area (Å²) in [7, 11) is 0. The van der Waals surface area contributed by atoms with E-state index in [-0.39, 0.29) is 28.6 Å². The van der Waals surface area contributed by atoms with Gasteiger partial charge in [0, 0.05) is 5.56 Å². The van der Waals surface area contributed by atoms with Crippen molar-refractivity contribution >= 4 is 46.5 Å². The summed E-state index contributed by atoms with van der Waals surface area (Å²) in [6.07, 6.45) is 0. The molecule has 10 heteroatoms. The molecule has 23 heavy (non-hydrogen) atoms. The SMILES string of the molecule is Cc1nn2c(SCC(=O)c3ccc(Cl)c(Cl)c3)nnc2[nH]c1=O. The van der Waals surface area contributed by atoms with E-state index in [2.05, 4.69) is 20.3 Å². The molecule has 2 aromatic heterocycles. The zero-order valence-electron chi connectivity index (χ0n) is 11.7. The molecule has 0 bridgehead atoms. The summed E-state index contributed by atoms with van der Waals surface area (Å²) in [6.45, 7) is 1.58. The Hall–Kier alpha value is -1.90. The molecular weight excluding hydrogens is 361 g/mol. The second kappa shape index (κ2) is 6.31. The van der Waals surface area contributed by atoms with Crippen LogP contribution in [0.3, 0.4) is 0 Å². The van der Waals surface area contributed by atoms with Crippen molar-refractivity contribution in [1.29, 1.82) is 0 Å².